The molecule has 0 bridgehead atoms. The number of ether oxygens (including phenoxy) is 1. The molecule has 0 aromatic heterocycles. The van der Waals surface area contributed by atoms with Crippen molar-refractivity contribution in [1.82, 2.24) is 20.4 Å². The largest absolute Gasteiger partial charge is 0.376 e. The Kier molecular flexibility index (Phi) is 12.0. The Bertz CT molecular complexity index is 636. The van der Waals surface area contributed by atoms with Gasteiger partial charge in [-0.05, 0) is 50.9 Å². The Morgan fingerprint density at radius 1 is 1.10 bits per heavy atom. The van der Waals surface area contributed by atoms with Gasteiger partial charge in [0.2, 0.25) is 0 Å². The van der Waals surface area contributed by atoms with Crippen molar-refractivity contribution >= 4 is 29.9 Å². The molecule has 2 heterocycles. The summed E-state index contributed by atoms with van der Waals surface area (Å²) < 4.78 is 5.65. The highest BCUT2D eigenvalue weighted by Gasteiger charge is 2.16. The molecule has 0 spiro atoms. The van der Waals surface area contributed by atoms with Crippen molar-refractivity contribution in [1.29, 1.82) is 0 Å². The highest BCUT2D eigenvalue weighted by molar-refractivity contribution is 14.0. The minimum absolute atomic E-state index is 0. The Morgan fingerprint density at radius 3 is 2.67 bits per heavy atom. The molecule has 1 aromatic rings. The fourth-order valence-electron chi connectivity index (χ4n) is 4.15. The van der Waals surface area contributed by atoms with Gasteiger partial charge in [-0.25, -0.2) is 4.99 Å². The summed E-state index contributed by atoms with van der Waals surface area (Å²) in [5.74, 6) is 0.914. The molecule has 3 rings (SSSR count). The predicted octanol–water partition coefficient (Wildman–Crippen LogP) is 3.07. The third kappa shape index (κ3) is 9.08. The second-order valence-corrected chi connectivity index (χ2v) is 8.26. The van der Waals surface area contributed by atoms with Crippen LogP contribution in [0.15, 0.2) is 29.3 Å². The van der Waals surface area contributed by atoms with E-state index in [9.17, 15) is 0 Å². The summed E-state index contributed by atoms with van der Waals surface area (Å²) in [5.41, 5.74) is 2.62. The van der Waals surface area contributed by atoms with Gasteiger partial charge >= 0.3 is 0 Å². The molecule has 2 aliphatic heterocycles. The van der Waals surface area contributed by atoms with E-state index in [-0.39, 0.29) is 24.0 Å². The molecule has 1 unspecified atom stereocenters. The number of halogens is 1. The number of hydrogen-bond donors (Lipinski definition) is 2. The third-order valence-electron chi connectivity index (χ3n) is 5.66. The number of benzene rings is 1. The lowest BCUT2D eigenvalue weighted by Gasteiger charge is -2.31. The fourth-order valence-corrected chi connectivity index (χ4v) is 4.15. The summed E-state index contributed by atoms with van der Waals surface area (Å²) in [5, 5.41) is 6.87. The number of guanidine groups is 1. The molecule has 7 heteroatoms. The lowest BCUT2D eigenvalue weighted by atomic mass is 10.1. The van der Waals surface area contributed by atoms with E-state index in [4.69, 9.17) is 9.73 Å². The van der Waals surface area contributed by atoms with Crippen LogP contribution in [0.2, 0.25) is 0 Å². The predicted molar refractivity (Wildman–Crippen MR) is 136 cm³/mol. The van der Waals surface area contributed by atoms with Crippen LogP contribution in [0.25, 0.3) is 0 Å². The van der Waals surface area contributed by atoms with Gasteiger partial charge in [-0.15, -0.1) is 24.0 Å². The van der Waals surface area contributed by atoms with E-state index in [1.807, 2.05) is 0 Å². The minimum atomic E-state index is 0. The van der Waals surface area contributed by atoms with Crippen LogP contribution >= 0.6 is 24.0 Å². The molecule has 6 nitrogen and oxygen atoms in total. The second kappa shape index (κ2) is 14.2. The zero-order valence-electron chi connectivity index (χ0n) is 18.7. The highest BCUT2D eigenvalue weighted by atomic mass is 127. The van der Waals surface area contributed by atoms with Crippen molar-refractivity contribution in [2.75, 3.05) is 52.4 Å². The van der Waals surface area contributed by atoms with Crippen LogP contribution in [-0.2, 0) is 17.8 Å². The number of nitrogens with zero attached hydrogens (tertiary/aromatic N) is 3. The van der Waals surface area contributed by atoms with Crippen LogP contribution in [0.5, 0.6) is 0 Å². The van der Waals surface area contributed by atoms with Crippen molar-refractivity contribution in [3.05, 3.63) is 35.4 Å². The maximum atomic E-state index is 5.65. The summed E-state index contributed by atoms with van der Waals surface area (Å²) in [6.07, 6.45) is 4.40. The van der Waals surface area contributed by atoms with E-state index in [0.29, 0.717) is 12.6 Å². The minimum Gasteiger partial charge on any atom is -0.376 e. The fraction of sp³-hybridized carbons (Fsp3) is 0.696. The third-order valence-corrected chi connectivity index (χ3v) is 5.66. The van der Waals surface area contributed by atoms with Crippen LogP contribution in [0, 0.1) is 0 Å². The summed E-state index contributed by atoms with van der Waals surface area (Å²) in [6.45, 7) is 14.2. The molecule has 1 aromatic carbocycles. The van der Waals surface area contributed by atoms with Crippen LogP contribution < -0.4 is 10.6 Å². The van der Waals surface area contributed by atoms with E-state index in [1.54, 1.807) is 0 Å². The molecular formula is C23H40IN5O. The van der Waals surface area contributed by atoms with Crippen LogP contribution in [-0.4, -0.2) is 74.3 Å². The smallest absolute Gasteiger partial charge is 0.191 e. The summed E-state index contributed by atoms with van der Waals surface area (Å²) in [4.78, 5) is 9.84. The number of likely N-dealkylation sites (tertiary alicyclic amines) is 1. The Morgan fingerprint density at radius 2 is 1.90 bits per heavy atom. The lowest BCUT2D eigenvalue weighted by molar-refractivity contribution is -0.0212. The number of morpholine rings is 1. The van der Waals surface area contributed by atoms with E-state index >= 15 is 0 Å². The monoisotopic (exact) mass is 529 g/mol. The van der Waals surface area contributed by atoms with Gasteiger partial charge in [-0.3, -0.25) is 4.90 Å². The van der Waals surface area contributed by atoms with Crippen LogP contribution in [0.4, 0.5) is 0 Å². The Hall–Kier alpha value is -0.900. The van der Waals surface area contributed by atoms with Gasteiger partial charge in [0, 0.05) is 39.3 Å². The quantitative estimate of drug-likeness (QED) is 0.308. The van der Waals surface area contributed by atoms with E-state index in [1.165, 1.54) is 43.5 Å². The number of hydrogen-bond acceptors (Lipinski definition) is 4. The number of aliphatic imine (C=N–C) groups is 1. The standard InChI is InChI=1S/C23H39N5O.HI/c1-3-24-23(25-10-13-27-11-5-4-6-12-27)26-17-21-8-7-9-22(16-21)19-28-14-15-29-20(2)18-28;/h7-9,16,20H,3-6,10-15,17-19H2,1-2H3,(H2,24,25,26);1H. The van der Waals surface area contributed by atoms with Crippen molar-refractivity contribution in [2.45, 2.75) is 52.3 Å². The van der Waals surface area contributed by atoms with Gasteiger partial charge in [0.1, 0.15) is 0 Å². The molecule has 2 N–H and O–H groups in total. The average molecular weight is 530 g/mol. The zero-order chi connectivity index (χ0) is 20.3. The van der Waals surface area contributed by atoms with Crippen LogP contribution in [0.1, 0.15) is 44.2 Å². The molecule has 0 radical (unpaired) electrons. The van der Waals surface area contributed by atoms with Gasteiger partial charge in [-0.1, -0.05) is 30.7 Å². The summed E-state index contributed by atoms with van der Waals surface area (Å²) in [7, 11) is 0. The first-order valence-corrected chi connectivity index (χ1v) is 11.4. The van der Waals surface area contributed by atoms with E-state index < -0.39 is 0 Å². The maximum Gasteiger partial charge on any atom is 0.191 e. The van der Waals surface area contributed by atoms with Crippen molar-refractivity contribution in [2.24, 2.45) is 4.99 Å². The van der Waals surface area contributed by atoms with Gasteiger partial charge in [-0.2, -0.15) is 0 Å². The van der Waals surface area contributed by atoms with Gasteiger partial charge in [0.25, 0.3) is 0 Å². The lowest BCUT2D eigenvalue weighted by Crippen LogP contribution is -2.42. The normalized spacial score (nSPS) is 21.1. The van der Waals surface area contributed by atoms with Crippen molar-refractivity contribution in [3.8, 4) is 0 Å². The van der Waals surface area contributed by atoms with Crippen LogP contribution in [0.3, 0.4) is 0 Å². The molecule has 30 heavy (non-hydrogen) atoms. The van der Waals surface area contributed by atoms with E-state index in [0.717, 1.165) is 51.8 Å². The molecule has 2 saturated heterocycles. The second-order valence-electron chi connectivity index (χ2n) is 8.26. The van der Waals surface area contributed by atoms with Gasteiger partial charge in [0.15, 0.2) is 5.96 Å². The molecule has 170 valence electrons. The first-order valence-electron chi connectivity index (χ1n) is 11.4. The van der Waals surface area contributed by atoms with Gasteiger partial charge < -0.3 is 20.3 Å². The molecule has 2 aliphatic rings. The molecule has 1 atom stereocenters. The van der Waals surface area contributed by atoms with E-state index in [2.05, 4.69) is 58.5 Å². The van der Waals surface area contributed by atoms with Crippen molar-refractivity contribution < 1.29 is 4.74 Å². The number of nitrogens with one attached hydrogen (secondary N) is 2. The first-order chi connectivity index (χ1) is 14.2. The Balaban J connectivity index is 0.00000320. The summed E-state index contributed by atoms with van der Waals surface area (Å²) >= 11 is 0. The van der Waals surface area contributed by atoms with Crippen molar-refractivity contribution in [3.63, 3.8) is 0 Å². The number of rotatable bonds is 8. The first kappa shape index (κ1) is 25.4. The maximum absolute atomic E-state index is 5.65. The summed E-state index contributed by atoms with van der Waals surface area (Å²) in [6, 6.07) is 8.84. The molecular weight excluding hydrogens is 489 g/mol. The average Bonchev–Trinajstić information content (AvgIpc) is 2.73. The SMILES string of the molecule is CCNC(=NCc1cccc(CN2CCOC(C)C2)c1)NCCN1CCCCC1.I. The molecule has 0 saturated carbocycles. The van der Waals surface area contributed by atoms with Gasteiger partial charge in [0.05, 0.1) is 19.3 Å². The number of piperidine rings is 1. The molecule has 0 aliphatic carbocycles. The topological polar surface area (TPSA) is 52.1 Å². The molecule has 0 amide bonds. The Labute approximate surface area is 199 Å². The zero-order valence-corrected chi connectivity index (χ0v) is 21.1. The highest BCUT2D eigenvalue weighted by Crippen LogP contribution is 2.13. The molecule has 2 fully saturated rings.